The average molecular weight is 423 g/mol. The van der Waals surface area contributed by atoms with Gasteiger partial charge in [0.15, 0.2) is 17.2 Å². The SMILES string of the molecule is CC(C)(C)OC(=O)NCCC(=O)NC1CCN(C(=O)c2cc(O)c(O)c(O)c2)CC1. The first-order valence-corrected chi connectivity index (χ1v) is 9.76. The number of amides is 3. The van der Waals surface area contributed by atoms with Gasteiger partial charge >= 0.3 is 6.09 Å². The fraction of sp³-hybridized carbons (Fsp3) is 0.550. The molecule has 1 aromatic carbocycles. The molecule has 5 N–H and O–H groups in total. The van der Waals surface area contributed by atoms with Crippen LogP contribution in [0.15, 0.2) is 12.1 Å². The number of benzene rings is 1. The number of ether oxygens (including phenoxy) is 1. The Morgan fingerprint density at radius 1 is 1.10 bits per heavy atom. The lowest BCUT2D eigenvalue weighted by Gasteiger charge is -2.32. The first-order chi connectivity index (χ1) is 14.0. The van der Waals surface area contributed by atoms with Gasteiger partial charge in [-0.25, -0.2) is 4.79 Å². The van der Waals surface area contributed by atoms with Gasteiger partial charge in [-0.05, 0) is 45.7 Å². The molecule has 3 amide bonds. The molecule has 166 valence electrons. The molecular formula is C20H29N3O7. The van der Waals surface area contributed by atoms with Crippen molar-refractivity contribution in [2.24, 2.45) is 0 Å². The molecule has 0 unspecified atom stereocenters. The molecule has 2 rings (SSSR count). The van der Waals surface area contributed by atoms with E-state index in [1.165, 1.54) is 0 Å². The van der Waals surface area contributed by atoms with E-state index in [2.05, 4.69) is 10.6 Å². The van der Waals surface area contributed by atoms with E-state index in [1.54, 1.807) is 25.7 Å². The standard InChI is InChI=1S/C20H29N3O7/c1-20(2,3)30-19(29)21-7-4-16(26)22-13-5-8-23(9-6-13)18(28)12-10-14(24)17(27)15(25)11-12/h10-11,13,24-25,27H,4-9H2,1-3H3,(H,21,29)(H,22,26). The van der Waals surface area contributed by atoms with Crippen LogP contribution in [0, 0.1) is 0 Å². The molecule has 0 saturated carbocycles. The first kappa shape index (κ1) is 23.1. The van der Waals surface area contributed by atoms with Gasteiger partial charge in [0.05, 0.1) is 0 Å². The molecule has 0 aromatic heterocycles. The lowest BCUT2D eigenvalue weighted by atomic mass is 10.0. The van der Waals surface area contributed by atoms with Crippen molar-refractivity contribution in [2.45, 2.75) is 51.7 Å². The molecule has 1 aliphatic heterocycles. The van der Waals surface area contributed by atoms with Crippen LogP contribution in [0.2, 0.25) is 0 Å². The van der Waals surface area contributed by atoms with Crippen molar-refractivity contribution in [1.82, 2.24) is 15.5 Å². The number of phenols is 3. The minimum Gasteiger partial charge on any atom is -0.504 e. The summed E-state index contributed by atoms with van der Waals surface area (Å²) in [5.74, 6) is -2.40. The first-order valence-electron chi connectivity index (χ1n) is 9.76. The number of alkyl carbamates (subject to hydrolysis) is 1. The lowest BCUT2D eigenvalue weighted by molar-refractivity contribution is -0.121. The third-order valence-corrected chi connectivity index (χ3v) is 4.48. The Morgan fingerprint density at radius 3 is 2.20 bits per heavy atom. The normalized spacial score (nSPS) is 14.8. The van der Waals surface area contributed by atoms with Crippen LogP contribution >= 0.6 is 0 Å². The zero-order valence-electron chi connectivity index (χ0n) is 17.4. The molecule has 1 aliphatic rings. The van der Waals surface area contributed by atoms with Gasteiger partial charge in [-0.2, -0.15) is 0 Å². The van der Waals surface area contributed by atoms with Crippen LogP contribution in [-0.2, 0) is 9.53 Å². The largest absolute Gasteiger partial charge is 0.504 e. The highest BCUT2D eigenvalue weighted by molar-refractivity contribution is 5.95. The van der Waals surface area contributed by atoms with Gasteiger partial charge < -0.3 is 35.6 Å². The molecule has 0 bridgehead atoms. The van der Waals surface area contributed by atoms with Crippen molar-refractivity contribution in [1.29, 1.82) is 0 Å². The summed E-state index contributed by atoms with van der Waals surface area (Å²) in [5.41, 5.74) is -0.534. The molecule has 0 aliphatic carbocycles. The molecule has 0 radical (unpaired) electrons. The van der Waals surface area contributed by atoms with Gasteiger partial charge in [-0.15, -0.1) is 0 Å². The van der Waals surface area contributed by atoms with Gasteiger partial charge in [0, 0.05) is 37.7 Å². The van der Waals surface area contributed by atoms with Crippen molar-refractivity contribution < 1.29 is 34.4 Å². The highest BCUT2D eigenvalue weighted by atomic mass is 16.6. The van der Waals surface area contributed by atoms with Crippen molar-refractivity contribution in [3.63, 3.8) is 0 Å². The number of carbonyl (C=O) groups excluding carboxylic acids is 3. The predicted octanol–water partition coefficient (Wildman–Crippen LogP) is 1.44. The quantitative estimate of drug-likeness (QED) is 0.450. The summed E-state index contributed by atoms with van der Waals surface area (Å²) in [6, 6.07) is 2.11. The maximum Gasteiger partial charge on any atom is 0.407 e. The highest BCUT2D eigenvalue weighted by Gasteiger charge is 2.26. The number of phenolic OH excluding ortho intramolecular Hbond substituents is 3. The van der Waals surface area contributed by atoms with E-state index >= 15 is 0 Å². The summed E-state index contributed by atoms with van der Waals surface area (Å²) >= 11 is 0. The smallest absolute Gasteiger partial charge is 0.407 e. The van der Waals surface area contributed by atoms with Crippen molar-refractivity contribution in [2.75, 3.05) is 19.6 Å². The molecule has 10 heteroatoms. The fourth-order valence-electron chi connectivity index (χ4n) is 3.03. The Hall–Kier alpha value is -3.17. The summed E-state index contributed by atoms with van der Waals surface area (Å²) in [7, 11) is 0. The lowest BCUT2D eigenvalue weighted by Crippen LogP contribution is -2.47. The van der Waals surface area contributed by atoms with E-state index in [9.17, 15) is 29.7 Å². The Labute approximate surface area is 174 Å². The molecule has 30 heavy (non-hydrogen) atoms. The van der Waals surface area contributed by atoms with Crippen LogP contribution in [0.5, 0.6) is 17.2 Å². The molecular weight excluding hydrogens is 394 g/mol. The zero-order valence-corrected chi connectivity index (χ0v) is 17.4. The molecule has 1 saturated heterocycles. The Bertz CT molecular complexity index is 773. The zero-order chi connectivity index (χ0) is 22.5. The molecule has 1 heterocycles. The van der Waals surface area contributed by atoms with E-state index in [0.717, 1.165) is 12.1 Å². The van der Waals surface area contributed by atoms with Gasteiger partial charge in [0.2, 0.25) is 5.91 Å². The second kappa shape index (κ2) is 9.55. The van der Waals surface area contributed by atoms with Crippen molar-refractivity contribution in [3.05, 3.63) is 17.7 Å². The number of nitrogens with zero attached hydrogens (tertiary/aromatic N) is 1. The van der Waals surface area contributed by atoms with Crippen LogP contribution < -0.4 is 10.6 Å². The van der Waals surface area contributed by atoms with Crippen molar-refractivity contribution in [3.8, 4) is 17.2 Å². The highest BCUT2D eigenvalue weighted by Crippen LogP contribution is 2.35. The third-order valence-electron chi connectivity index (χ3n) is 4.48. The summed E-state index contributed by atoms with van der Waals surface area (Å²) in [5, 5.41) is 33.9. The number of nitrogens with one attached hydrogen (secondary N) is 2. The van der Waals surface area contributed by atoms with Gasteiger partial charge in [0.25, 0.3) is 5.91 Å². The van der Waals surface area contributed by atoms with Crippen LogP contribution in [0.25, 0.3) is 0 Å². The Balaban J connectivity index is 1.74. The number of rotatable bonds is 5. The minimum atomic E-state index is -0.672. The maximum atomic E-state index is 12.5. The second-order valence-electron chi connectivity index (χ2n) is 8.18. The summed E-state index contributed by atoms with van der Waals surface area (Å²) in [6.07, 6.45) is 0.637. The summed E-state index contributed by atoms with van der Waals surface area (Å²) in [4.78, 5) is 37.7. The van der Waals surface area contributed by atoms with E-state index in [4.69, 9.17) is 4.74 Å². The second-order valence-corrected chi connectivity index (χ2v) is 8.18. The number of hydrogen-bond acceptors (Lipinski definition) is 7. The number of likely N-dealkylation sites (tertiary alicyclic amines) is 1. The van der Waals surface area contributed by atoms with E-state index < -0.39 is 28.9 Å². The third kappa shape index (κ3) is 6.71. The molecule has 0 atom stereocenters. The number of carbonyl (C=O) groups is 3. The van der Waals surface area contributed by atoms with E-state index in [-0.39, 0.29) is 36.4 Å². The topological polar surface area (TPSA) is 148 Å². The van der Waals surface area contributed by atoms with Crippen LogP contribution in [0.1, 0.15) is 50.4 Å². The van der Waals surface area contributed by atoms with Crippen molar-refractivity contribution >= 4 is 17.9 Å². The summed E-state index contributed by atoms with van der Waals surface area (Å²) in [6.45, 7) is 6.20. The van der Waals surface area contributed by atoms with Gasteiger partial charge in [-0.1, -0.05) is 0 Å². The van der Waals surface area contributed by atoms with Gasteiger partial charge in [0.1, 0.15) is 5.60 Å². The molecule has 10 nitrogen and oxygen atoms in total. The van der Waals surface area contributed by atoms with Crippen LogP contribution in [0.3, 0.4) is 0 Å². The van der Waals surface area contributed by atoms with Gasteiger partial charge in [-0.3, -0.25) is 9.59 Å². The monoisotopic (exact) mass is 423 g/mol. The van der Waals surface area contributed by atoms with E-state index in [0.29, 0.717) is 25.9 Å². The summed E-state index contributed by atoms with van der Waals surface area (Å²) < 4.78 is 5.10. The minimum absolute atomic E-state index is 0.0681. The number of aromatic hydroxyl groups is 3. The van der Waals surface area contributed by atoms with Crippen LogP contribution in [0.4, 0.5) is 4.79 Å². The Morgan fingerprint density at radius 2 is 1.67 bits per heavy atom. The Kier molecular flexibility index (Phi) is 7.36. The molecule has 0 spiro atoms. The van der Waals surface area contributed by atoms with E-state index in [1.807, 2.05) is 0 Å². The predicted molar refractivity (Wildman–Crippen MR) is 107 cm³/mol. The number of piperidine rings is 1. The number of hydrogen-bond donors (Lipinski definition) is 5. The molecule has 1 aromatic rings. The molecule has 1 fully saturated rings. The fourth-order valence-corrected chi connectivity index (χ4v) is 3.03. The average Bonchev–Trinajstić information content (AvgIpc) is 2.64. The van der Waals surface area contributed by atoms with Crippen LogP contribution in [-0.4, -0.2) is 69.4 Å². The maximum absolute atomic E-state index is 12.5.